The van der Waals surface area contributed by atoms with E-state index in [1.165, 1.54) is 20.4 Å². The lowest BCUT2D eigenvalue weighted by atomic mass is 10.1. The monoisotopic (exact) mass is 403 g/mol. The number of aromatic nitrogens is 2. The molecule has 0 saturated heterocycles. The molecule has 0 bridgehead atoms. The number of esters is 1. The molecular weight excluding hydrogens is 386 g/mol. The minimum atomic E-state index is -0.585. The van der Waals surface area contributed by atoms with Gasteiger partial charge in [-0.15, -0.1) is 0 Å². The number of aromatic amines is 1. The lowest BCUT2D eigenvalue weighted by molar-refractivity contribution is 0.0600. The maximum atomic E-state index is 12.3. The summed E-state index contributed by atoms with van der Waals surface area (Å²) in [4.78, 5) is 30.8. The Balaban J connectivity index is 1.90. The number of anilines is 1. The Morgan fingerprint density at radius 1 is 1.23 bits per heavy atom. The van der Waals surface area contributed by atoms with Crippen molar-refractivity contribution in [1.82, 2.24) is 9.97 Å². The van der Waals surface area contributed by atoms with Gasteiger partial charge in [-0.1, -0.05) is 30.3 Å². The predicted octanol–water partition coefficient (Wildman–Crippen LogP) is 2.55. The molecule has 0 aliphatic rings. The summed E-state index contributed by atoms with van der Waals surface area (Å²) in [5.41, 5.74) is 3.69. The van der Waals surface area contributed by atoms with E-state index in [0.717, 1.165) is 0 Å². The van der Waals surface area contributed by atoms with E-state index in [1.54, 1.807) is 42.5 Å². The van der Waals surface area contributed by atoms with Crippen LogP contribution in [0, 0.1) is 11.3 Å². The van der Waals surface area contributed by atoms with E-state index in [0.29, 0.717) is 22.4 Å². The third-order valence-electron chi connectivity index (χ3n) is 4.05. The fraction of sp³-hybridized carbons (Fsp3) is 0.0952. The van der Waals surface area contributed by atoms with Crippen molar-refractivity contribution >= 4 is 18.1 Å². The van der Waals surface area contributed by atoms with E-state index in [4.69, 9.17) is 9.47 Å². The molecule has 0 radical (unpaired) electrons. The Labute approximate surface area is 171 Å². The molecule has 30 heavy (non-hydrogen) atoms. The fourth-order valence-electron chi connectivity index (χ4n) is 2.65. The molecular formula is C21H17N5O4. The smallest absolute Gasteiger partial charge is 0.338 e. The summed E-state index contributed by atoms with van der Waals surface area (Å²) in [6, 6.07) is 15.6. The Morgan fingerprint density at radius 2 is 2.00 bits per heavy atom. The number of carbonyl (C=O) groups is 1. The first-order valence-corrected chi connectivity index (χ1v) is 8.72. The molecule has 2 aromatic carbocycles. The van der Waals surface area contributed by atoms with Gasteiger partial charge in [0.2, 0.25) is 5.95 Å². The van der Waals surface area contributed by atoms with Crippen molar-refractivity contribution in [2.45, 2.75) is 0 Å². The number of nitriles is 1. The number of ether oxygens (including phenoxy) is 2. The van der Waals surface area contributed by atoms with E-state index in [1.807, 2.05) is 12.1 Å². The van der Waals surface area contributed by atoms with Gasteiger partial charge in [0.25, 0.3) is 5.56 Å². The molecule has 3 rings (SSSR count). The van der Waals surface area contributed by atoms with E-state index < -0.39 is 11.5 Å². The standard InChI is InChI=1S/C21H17N5O4/c1-29-16-9-13(8-15(10-16)20(28)30-2)12-23-26-21-24-18(14-6-4-3-5-7-14)17(11-22)19(27)25-21/h3-10,12H,1-2H3,(H2,24,25,26,27). The highest BCUT2D eigenvalue weighted by Crippen LogP contribution is 2.20. The summed E-state index contributed by atoms with van der Waals surface area (Å²) in [6.07, 6.45) is 1.43. The zero-order valence-electron chi connectivity index (χ0n) is 16.2. The van der Waals surface area contributed by atoms with Gasteiger partial charge in [0, 0.05) is 5.56 Å². The maximum Gasteiger partial charge on any atom is 0.338 e. The molecule has 1 aromatic heterocycles. The average molecular weight is 403 g/mol. The summed E-state index contributed by atoms with van der Waals surface area (Å²) < 4.78 is 9.90. The predicted molar refractivity (Wildman–Crippen MR) is 111 cm³/mol. The number of nitrogens with zero attached hydrogens (tertiary/aromatic N) is 3. The molecule has 0 spiro atoms. The normalized spacial score (nSPS) is 10.4. The first-order chi connectivity index (χ1) is 14.5. The molecule has 0 amide bonds. The summed E-state index contributed by atoms with van der Waals surface area (Å²) >= 11 is 0. The number of nitrogens with one attached hydrogen (secondary N) is 2. The molecule has 1 heterocycles. The summed E-state index contributed by atoms with van der Waals surface area (Å²) in [5, 5.41) is 13.4. The van der Waals surface area contributed by atoms with Crippen molar-refractivity contribution in [2.75, 3.05) is 19.6 Å². The third kappa shape index (κ3) is 4.51. The summed E-state index contributed by atoms with van der Waals surface area (Å²) in [5.74, 6) is 0.00269. The lowest BCUT2D eigenvalue weighted by Gasteiger charge is -2.07. The SMILES string of the molecule is COC(=O)c1cc(C=NNc2nc(-c3ccccc3)c(C#N)c(=O)[nH]2)cc(OC)c1. The van der Waals surface area contributed by atoms with Gasteiger partial charge in [-0.05, 0) is 23.8 Å². The van der Waals surface area contributed by atoms with Crippen LogP contribution >= 0.6 is 0 Å². The van der Waals surface area contributed by atoms with Gasteiger partial charge in [0.15, 0.2) is 0 Å². The van der Waals surface area contributed by atoms with Crippen LogP contribution in [0.4, 0.5) is 5.95 Å². The zero-order valence-corrected chi connectivity index (χ0v) is 16.2. The number of carbonyl (C=O) groups excluding carboxylic acids is 1. The Hall–Kier alpha value is -4.45. The van der Waals surface area contributed by atoms with Crippen molar-refractivity contribution < 1.29 is 14.3 Å². The van der Waals surface area contributed by atoms with E-state index in [9.17, 15) is 14.9 Å². The van der Waals surface area contributed by atoms with Gasteiger partial charge in [-0.3, -0.25) is 9.78 Å². The molecule has 0 unspecified atom stereocenters. The topological polar surface area (TPSA) is 129 Å². The largest absolute Gasteiger partial charge is 0.497 e. The Bertz CT molecular complexity index is 1200. The van der Waals surface area contributed by atoms with Crippen molar-refractivity contribution in [3.8, 4) is 23.1 Å². The molecule has 0 atom stereocenters. The quantitative estimate of drug-likeness (QED) is 0.367. The van der Waals surface area contributed by atoms with Crippen LogP contribution in [0.3, 0.4) is 0 Å². The molecule has 0 aliphatic heterocycles. The number of hydrazone groups is 1. The van der Waals surface area contributed by atoms with Crippen LogP contribution in [0.1, 0.15) is 21.5 Å². The van der Waals surface area contributed by atoms with Crippen molar-refractivity contribution in [3.63, 3.8) is 0 Å². The highest BCUT2D eigenvalue weighted by atomic mass is 16.5. The maximum absolute atomic E-state index is 12.3. The van der Waals surface area contributed by atoms with Crippen LogP contribution in [0.15, 0.2) is 58.4 Å². The van der Waals surface area contributed by atoms with E-state index in [2.05, 4.69) is 20.5 Å². The first kappa shape index (κ1) is 20.3. The minimum Gasteiger partial charge on any atom is -0.497 e. The highest BCUT2D eigenvalue weighted by Gasteiger charge is 2.13. The fourth-order valence-corrected chi connectivity index (χ4v) is 2.65. The van der Waals surface area contributed by atoms with Crippen LogP contribution < -0.4 is 15.7 Å². The van der Waals surface area contributed by atoms with Gasteiger partial charge < -0.3 is 9.47 Å². The molecule has 0 aliphatic carbocycles. The average Bonchev–Trinajstić information content (AvgIpc) is 2.78. The van der Waals surface area contributed by atoms with Crippen LogP contribution in [0.25, 0.3) is 11.3 Å². The van der Waals surface area contributed by atoms with Crippen LogP contribution in [-0.4, -0.2) is 36.4 Å². The van der Waals surface area contributed by atoms with Gasteiger partial charge in [0.1, 0.15) is 17.4 Å². The number of methoxy groups -OCH3 is 2. The molecule has 3 aromatic rings. The Morgan fingerprint density at radius 3 is 2.67 bits per heavy atom. The van der Waals surface area contributed by atoms with Gasteiger partial charge >= 0.3 is 5.97 Å². The number of hydrogen-bond donors (Lipinski definition) is 2. The zero-order chi connectivity index (χ0) is 21.5. The molecule has 150 valence electrons. The third-order valence-corrected chi connectivity index (χ3v) is 4.05. The van der Waals surface area contributed by atoms with Crippen LogP contribution in [0.5, 0.6) is 5.75 Å². The lowest BCUT2D eigenvalue weighted by Crippen LogP contribution is -2.16. The van der Waals surface area contributed by atoms with Gasteiger partial charge in [-0.25, -0.2) is 15.2 Å². The van der Waals surface area contributed by atoms with Gasteiger partial charge in [-0.2, -0.15) is 10.4 Å². The van der Waals surface area contributed by atoms with Crippen molar-refractivity contribution in [2.24, 2.45) is 5.10 Å². The second-order valence-corrected chi connectivity index (χ2v) is 5.97. The van der Waals surface area contributed by atoms with Gasteiger partial charge in [0.05, 0.1) is 31.7 Å². The number of H-pyrrole nitrogens is 1. The number of benzene rings is 2. The highest BCUT2D eigenvalue weighted by molar-refractivity contribution is 5.93. The number of rotatable bonds is 6. The second kappa shape index (κ2) is 9.16. The summed E-state index contributed by atoms with van der Waals surface area (Å²) in [6.45, 7) is 0. The molecule has 0 saturated carbocycles. The van der Waals surface area contributed by atoms with Crippen molar-refractivity contribution in [1.29, 1.82) is 5.26 Å². The second-order valence-electron chi connectivity index (χ2n) is 5.97. The first-order valence-electron chi connectivity index (χ1n) is 8.72. The molecule has 9 heteroatoms. The summed E-state index contributed by atoms with van der Waals surface area (Å²) in [7, 11) is 2.76. The number of hydrogen-bond acceptors (Lipinski definition) is 8. The van der Waals surface area contributed by atoms with Crippen molar-refractivity contribution in [3.05, 3.63) is 75.6 Å². The van der Waals surface area contributed by atoms with Crippen LogP contribution in [0.2, 0.25) is 0 Å². The van der Waals surface area contributed by atoms with Crippen LogP contribution in [-0.2, 0) is 4.74 Å². The molecule has 2 N–H and O–H groups in total. The minimum absolute atomic E-state index is 0.0604. The van der Waals surface area contributed by atoms with E-state index >= 15 is 0 Å². The molecule has 0 fully saturated rings. The van der Waals surface area contributed by atoms with E-state index in [-0.39, 0.29) is 17.2 Å². The molecule has 9 nitrogen and oxygen atoms in total. The Kier molecular flexibility index (Phi) is 6.20.